The molecule has 0 spiro atoms. The predicted molar refractivity (Wildman–Crippen MR) is 95.8 cm³/mol. The smallest absolute Gasteiger partial charge is 0.349 e. The zero-order valence-corrected chi connectivity index (χ0v) is 14.2. The van der Waals surface area contributed by atoms with Crippen LogP contribution in [0, 0.1) is 5.41 Å². The molecule has 2 heterocycles. The fourth-order valence-electron chi connectivity index (χ4n) is 2.61. The molecule has 0 saturated heterocycles. The number of nitrogens with zero attached hydrogens (tertiary/aromatic N) is 4. The fraction of sp³-hybridized carbons (Fsp3) is 0.294. The Morgan fingerprint density at radius 2 is 2.00 bits per heavy atom. The molecule has 1 aliphatic rings. The molecule has 0 unspecified atom stereocenters. The maximum atomic E-state index is 12.0. The van der Waals surface area contributed by atoms with E-state index in [9.17, 15) is 4.79 Å². The predicted octanol–water partition coefficient (Wildman–Crippen LogP) is 2.47. The number of nitrogens with two attached hydrogens (primary N) is 1. The molecule has 0 atom stereocenters. The Morgan fingerprint density at radius 3 is 2.64 bits per heavy atom. The van der Waals surface area contributed by atoms with Gasteiger partial charge < -0.3 is 10.5 Å². The number of nitrogens with one attached hydrogen (secondary N) is 1. The number of carbonyl (C=O) groups excluding carboxylic acids is 1. The van der Waals surface area contributed by atoms with Gasteiger partial charge in [0, 0.05) is 12.2 Å². The van der Waals surface area contributed by atoms with Crippen molar-refractivity contribution in [3.8, 4) is 11.4 Å². The first-order valence-electron chi connectivity index (χ1n) is 8.03. The zero-order valence-electron chi connectivity index (χ0n) is 14.2. The molecule has 0 bridgehead atoms. The lowest BCUT2D eigenvalue weighted by atomic mass is 10.2. The minimum absolute atomic E-state index is 0.0464. The summed E-state index contributed by atoms with van der Waals surface area (Å²) in [6.45, 7) is 2.50. The van der Waals surface area contributed by atoms with Crippen LogP contribution in [-0.2, 0) is 0 Å². The number of carbonyl (C=O) groups is 1. The van der Waals surface area contributed by atoms with Crippen molar-refractivity contribution in [1.82, 2.24) is 14.5 Å². The number of rotatable bonds is 6. The fourth-order valence-corrected chi connectivity index (χ4v) is 2.61. The Labute approximate surface area is 145 Å². The number of urea groups is 1. The van der Waals surface area contributed by atoms with E-state index in [1.54, 1.807) is 18.0 Å². The average molecular weight is 340 g/mol. The summed E-state index contributed by atoms with van der Waals surface area (Å²) < 4.78 is 6.83. The van der Waals surface area contributed by atoms with E-state index >= 15 is 0 Å². The summed E-state index contributed by atoms with van der Waals surface area (Å²) in [4.78, 5) is 21.6. The lowest BCUT2D eigenvalue weighted by Gasteiger charge is -2.14. The molecule has 1 aromatic carbocycles. The highest BCUT2D eigenvalue weighted by molar-refractivity contribution is 6.52. The third-order valence-corrected chi connectivity index (χ3v) is 4.05. The number of unbranched alkanes of at least 4 members (excludes halogenated alkanes) is 1. The van der Waals surface area contributed by atoms with E-state index in [2.05, 4.69) is 9.98 Å². The van der Waals surface area contributed by atoms with Crippen LogP contribution in [0.5, 0.6) is 5.75 Å². The van der Waals surface area contributed by atoms with Gasteiger partial charge in [-0.05, 0) is 30.7 Å². The van der Waals surface area contributed by atoms with Crippen LogP contribution >= 0.6 is 0 Å². The highest BCUT2D eigenvalue weighted by Gasteiger charge is 2.33. The summed E-state index contributed by atoms with van der Waals surface area (Å²) in [6.07, 6.45) is 3.30. The standard InChI is InChI=1S/C17H20N6O2/c1-3-4-9-22-16(19)14(21-17(22)24)13-15(18)23(10-20-13)11-5-7-12(25-2)8-6-11/h5-8,10,19H,3-4,9,18H2,1-2H3. The van der Waals surface area contributed by atoms with Gasteiger partial charge in [0.15, 0.2) is 5.84 Å². The lowest BCUT2D eigenvalue weighted by molar-refractivity contribution is 0.232. The Balaban J connectivity index is 1.89. The minimum Gasteiger partial charge on any atom is -0.497 e. The number of aliphatic imine (C=N–C) groups is 1. The molecule has 2 aromatic rings. The minimum atomic E-state index is -0.438. The van der Waals surface area contributed by atoms with E-state index in [1.165, 1.54) is 4.90 Å². The van der Waals surface area contributed by atoms with Crippen molar-refractivity contribution in [3.05, 3.63) is 36.3 Å². The van der Waals surface area contributed by atoms with E-state index < -0.39 is 6.03 Å². The molecular formula is C17H20N6O2. The van der Waals surface area contributed by atoms with Crippen molar-refractivity contribution in [2.45, 2.75) is 19.8 Å². The SMILES string of the molecule is CCCCN1C(=N)C(c2ncn(-c3ccc(OC)cc3)c2N)=NC1=O. The Kier molecular flexibility index (Phi) is 4.51. The van der Waals surface area contributed by atoms with Crippen molar-refractivity contribution in [1.29, 1.82) is 5.41 Å². The van der Waals surface area contributed by atoms with Gasteiger partial charge in [-0.1, -0.05) is 13.3 Å². The van der Waals surface area contributed by atoms with Gasteiger partial charge in [0.25, 0.3) is 0 Å². The molecule has 8 nitrogen and oxygen atoms in total. The summed E-state index contributed by atoms with van der Waals surface area (Å²) >= 11 is 0. The highest BCUT2D eigenvalue weighted by atomic mass is 16.5. The molecule has 130 valence electrons. The Morgan fingerprint density at radius 1 is 1.28 bits per heavy atom. The van der Waals surface area contributed by atoms with Gasteiger partial charge in [0.2, 0.25) is 0 Å². The van der Waals surface area contributed by atoms with Crippen molar-refractivity contribution in [2.24, 2.45) is 4.99 Å². The first kappa shape index (κ1) is 16.7. The Hall–Kier alpha value is -3.16. The largest absolute Gasteiger partial charge is 0.497 e. The number of amides is 2. The lowest BCUT2D eigenvalue weighted by Crippen LogP contribution is -2.33. The number of ether oxygens (including phenoxy) is 1. The summed E-state index contributed by atoms with van der Waals surface area (Å²) in [5, 5.41) is 8.23. The van der Waals surface area contributed by atoms with Gasteiger partial charge in [-0.15, -0.1) is 0 Å². The van der Waals surface area contributed by atoms with Crippen LogP contribution in [0.1, 0.15) is 25.5 Å². The van der Waals surface area contributed by atoms with Crippen LogP contribution in [-0.4, -0.2) is 45.7 Å². The van der Waals surface area contributed by atoms with Crippen LogP contribution in [0.25, 0.3) is 5.69 Å². The molecule has 8 heteroatoms. The maximum Gasteiger partial charge on any atom is 0.349 e. The normalized spacial score (nSPS) is 14.2. The molecule has 0 aliphatic carbocycles. The van der Waals surface area contributed by atoms with Gasteiger partial charge in [-0.25, -0.2) is 9.78 Å². The molecule has 1 aliphatic heterocycles. The first-order chi connectivity index (χ1) is 12.1. The molecule has 25 heavy (non-hydrogen) atoms. The van der Waals surface area contributed by atoms with Gasteiger partial charge in [-0.3, -0.25) is 14.9 Å². The number of imidazole rings is 1. The molecule has 0 radical (unpaired) electrons. The third kappa shape index (κ3) is 2.98. The van der Waals surface area contributed by atoms with Gasteiger partial charge in [0.05, 0.1) is 7.11 Å². The summed E-state index contributed by atoms with van der Waals surface area (Å²) in [5.41, 5.74) is 7.56. The molecule has 0 saturated carbocycles. The van der Waals surface area contributed by atoms with E-state index in [0.717, 1.165) is 24.3 Å². The van der Waals surface area contributed by atoms with Crippen molar-refractivity contribution in [2.75, 3.05) is 19.4 Å². The zero-order chi connectivity index (χ0) is 18.0. The topological polar surface area (TPSA) is 110 Å². The van der Waals surface area contributed by atoms with Crippen LogP contribution in [0.3, 0.4) is 0 Å². The maximum absolute atomic E-state index is 12.0. The molecule has 3 rings (SSSR count). The van der Waals surface area contributed by atoms with Crippen LogP contribution in [0.2, 0.25) is 0 Å². The van der Waals surface area contributed by atoms with E-state index in [0.29, 0.717) is 18.1 Å². The molecule has 0 fully saturated rings. The summed E-state index contributed by atoms with van der Waals surface area (Å²) in [7, 11) is 1.60. The Bertz CT molecular complexity index is 837. The average Bonchev–Trinajstić information content (AvgIpc) is 3.13. The molecule has 1 aromatic heterocycles. The van der Waals surface area contributed by atoms with E-state index in [-0.39, 0.29) is 11.5 Å². The number of methoxy groups -OCH3 is 1. The van der Waals surface area contributed by atoms with Crippen molar-refractivity contribution < 1.29 is 9.53 Å². The number of aromatic nitrogens is 2. The third-order valence-electron chi connectivity index (χ3n) is 4.05. The van der Waals surface area contributed by atoms with Crippen LogP contribution in [0.15, 0.2) is 35.6 Å². The number of nitrogen functional groups attached to an aromatic ring is 1. The molecular weight excluding hydrogens is 320 g/mol. The number of hydrogen-bond donors (Lipinski definition) is 2. The van der Waals surface area contributed by atoms with E-state index in [4.69, 9.17) is 15.9 Å². The molecule has 2 amide bonds. The second-order valence-corrected chi connectivity index (χ2v) is 5.64. The summed E-state index contributed by atoms with van der Waals surface area (Å²) in [5.74, 6) is 1.12. The van der Waals surface area contributed by atoms with Gasteiger partial charge in [0.1, 0.15) is 29.3 Å². The second-order valence-electron chi connectivity index (χ2n) is 5.64. The van der Waals surface area contributed by atoms with Crippen molar-refractivity contribution >= 4 is 23.4 Å². The monoisotopic (exact) mass is 340 g/mol. The number of amidine groups is 1. The van der Waals surface area contributed by atoms with E-state index in [1.807, 2.05) is 31.2 Å². The number of hydrogen-bond acceptors (Lipinski definition) is 5. The van der Waals surface area contributed by atoms with Gasteiger partial charge in [-0.2, -0.15) is 4.99 Å². The number of anilines is 1. The molecule has 3 N–H and O–H groups in total. The van der Waals surface area contributed by atoms with Crippen LogP contribution in [0.4, 0.5) is 10.6 Å². The van der Waals surface area contributed by atoms with Crippen LogP contribution < -0.4 is 10.5 Å². The highest BCUT2D eigenvalue weighted by Crippen LogP contribution is 2.23. The number of benzene rings is 1. The summed E-state index contributed by atoms with van der Waals surface area (Å²) in [6, 6.07) is 6.90. The van der Waals surface area contributed by atoms with Crippen molar-refractivity contribution in [3.63, 3.8) is 0 Å². The van der Waals surface area contributed by atoms with Gasteiger partial charge >= 0.3 is 6.03 Å². The first-order valence-corrected chi connectivity index (χ1v) is 8.03. The quantitative estimate of drug-likeness (QED) is 0.841. The second kappa shape index (κ2) is 6.76.